The Morgan fingerprint density at radius 2 is 2.20 bits per heavy atom. The van der Waals surface area contributed by atoms with E-state index in [1.54, 1.807) is 0 Å². The summed E-state index contributed by atoms with van der Waals surface area (Å²) in [5.74, 6) is 0.105. The minimum absolute atomic E-state index is 0.00852. The van der Waals surface area contributed by atoms with Gasteiger partial charge >= 0.3 is 5.97 Å². The van der Waals surface area contributed by atoms with Crippen LogP contribution in [0.1, 0.15) is 25.7 Å². The molecule has 0 radical (unpaired) electrons. The number of methoxy groups -OCH3 is 1. The number of piperidine rings is 1. The lowest BCUT2D eigenvalue weighted by Gasteiger charge is -2.41. The van der Waals surface area contributed by atoms with E-state index in [1.165, 1.54) is 7.11 Å². The van der Waals surface area contributed by atoms with Crippen molar-refractivity contribution in [3.63, 3.8) is 0 Å². The number of aliphatic hydroxyl groups is 1. The maximum absolute atomic E-state index is 11.4. The van der Waals surface area contributed by atoms with Crippen LogP contribution in [0.3, 0.4) is 0 Å². The molecule has 1 saturated carbocycles. The third kappa shape index (κ3) is 2.16. The highest BCUT2D eigenvalue weighted by Gasteiger charge is 2.39. The van der Waals surface area contributed by atoms with E-state index in [0.717, 1.165) is 32.2 Å². The molecular weight excluding hydrogens is 194 g/mol. The van der Waals surface area contributed by atoms with Crippen LogP contribution in [0.15, 0.2) is 0 Å². The Bertz CT molecular complexity index is 244. The van der Waals surface area contributed by atoms with Crippen LogP contribution in [0.4, 0.5) is 0 Å². The van der Waals surface area contributed by atoms with Crippen molar-refractivity contribution >= 4 is 5.97 Å². The Kier molecular flexibility index (Phi) is 3.26. The maximum Gasteiger partial charge on any atom is 0.308 e. The Hall–Kier alpha value is -0.610. The molecule has 1 saturated heterocycles. The highest BCUT2D eigenvalue weighted by atomic mass is 16.5. The molecule has 4 nitrogen and oxygen atoms in total. The molecule has 0 aromatic rings. The molecule has 2 aliphatic rings. The quantitative estimate of drug-likeness (QED) is 0.615. The predicted octanol–water partition coefficient (Wildman–Crippen LogP) is 0.298. The maximum atomic E-state index is 11.4. The van der Waals surface area contributed by atoms with Crippen molar-refractivity contribution in [2.45, 2.75) is 37.8 Å². The number of aliphatic hydroxyl groups excluding tert-OH is 1. The fourth-order valence-electron chi connectivity index (χ4n) is 2.90. The Balaban J connectivity index is 1.99. The summed E-state index contributed by atoms with van der Waals surface area (Å²) < 4.78 is 4.76. The molecular formula is C11H19NO3. The van der Waals surface area contributed by atoms with Gasteiger partial charge < -0.3 is 15.2 Å². The van der Waals surface area contributed by atoms with Crippen LogP contribution in [0.25, 0.3) is 0 Å². The number of nitrogens with one attached hydrogen (secondary N) is 1. The van der Waals surface area contributed by atoms with Gasteiger partial charge in [0.2, 0.25) is 0 Å². The molecule has 1 heterocycles. The van der Waals surface area contributed by atoms with E-state index in [4.69, 9.17) is 4.74 Å². The molecule has 2 N–H and O–H groups in total. The van der Waals surface area contributed by atoms with Crippen molar-refractivity contribution in [1.82, 2.24) is 5.32 Å². The molecule has 0 aromatic heterocycles. The summed E-state index contributed by atoms with van der Waals surface area (Å²) >= 11 is 0. The van der Waals surface area contributed by atoms with Crippen LogP contribution >= 0.6 is 0 Å². The van der Waals surface area contributed by atoms with E-state index in [1.807, 2.05) is 0 Å². The highest BCUT2D eigenvalue weighted by Crippen LogP contribution is 2.34. The zero-order valence-corrected chi connectivity index (χ0v) is 9.11. The lowest BCUT2D eigenvalue weighted by atomic mass is 9.73. The zero-order valence-electron chi connectivity index (χ0n) is 9.11. The summed E-state index contributed by atoms with van der Waals surface area (Å²) in [5, 5.41) is 13.3. The van der Waals surface area contributed by atoms with Gasteiger partial charge in [0.1, 0.15) is 0 Å². The van der Waals surface area contributed by atoms with Crippen molar-refractivity contribution < 1.29 is 14.6 Å². The van der Waals surface area contributed by atoms with E-state index in [9.17, 15) is 9.90 Å². The molecule has 4 heteroatoms. The SMILES string of the molecule is COC(=O)C1CCC2NCCC(O)C2C1. The van der Waals surface area contributed by atoms with E-state index in [0.29, 0.717) is 6.04 Å². The fourth-order valence-corrected chi connectivity index (χ4v) is 2.90. The van der Waals surface area contributed by atoms with Crippen LogP contribution in [0.5, 0.6) is 0 Å². The van der Waals surface area contributed by atoms with Gasteiger partial charge in [-0.1, -0.05) is 0 Å². The molecule has 1 aliphatic heterocycles. The first kappa shape index (κ1) is 10.9. The normalized spacial score (nSPS) is 40.7. The van der Waals surface area contributed by atoms with Crippen LogP contribution in [0.2, 0.25) is 0 Å². The number of rotatable bonds is 1. The van der Waals surface area contributed by atoms with Crippen molar-refractivity contribution in [3.8, 4) is 0 Å². The summed E-state index contributed by atoms with van der Waals surface area (Å²) in [6.07, 6.45) is 3.18. The summed E-state index contributed by atoms with van der Waals surface area (Å²) in [7, 11) is 1.43. The van der Waals surface area contributed by atoms with Crippen molar-refractivity contribution in [1.29, 1.82) is 0 Å². The van der Waals surface area contributed by atoms with Crippen LogP contribution < -0.4 is 5.32 Å². The van der Waals surface area contributed by atoms with Gasteiger partial charge in [-0.3, -0.25) is 4.79 Å². The average Bonchev–Trinajstić information content (AvgIpc) is 2.28. The van der Waals surface area contributed by atoms with Crippen molar-refractivity contribution in [2.75, 3.05) is 13.7 Å². The standard InChI is InChI=1S/C11H19NO3/c1-15-11(14)7-2-3-9-8(6-7)10(13)4-5-12-9/h7-10,12-13H,2-6H2,1H3. The number of fused-ring (bicyclic) bond motifs is 1. The van der Waals surface area contributed by atoms with Crippen LogP contribution in [-0.4, -0.2) is 36.9 Å². The number of hydrogen-bond donors (Lipinski definition) is 2. The first-order valence-corrected chi connectivity index (χ1v) is 5.71. The second-order valence-corrected chi connectivity index (χ2v) is 4.61. The topological polar surface area (TPSA) is 58.6 Å². The molecule has 4 unspecified atom stereocenters. The van der Waals surface area contributed by atoms with Gasteiger partial charge in [0, 0.05) is 12.0 Å². The summed E-state index contributed by atoms with van der Waals surface area (Å²) in [6.45, 7) is 0.894. The van der Waals surface area contributed by atoms with Gasteiger partial charge in [0.25, 0.3) is 0 Å². The monoisotopic (exact) mass is 213 g/mol. The largest absolute Gasteiger partial charge is 0.469 e. The predicted molar refractivity (Wildman–Crippen MR) is 55.3 cm³/mol. The van der Waals surface area contributed by atoms with Gasteiger partial charge in [-0.15, -0.1) is 0 Å². The first-order valence-electron chi connectivity index (χ1n) is 5.71. The smallest absolute Gasteiger partial charge is 0.308 e. The average molecular weight is 213 g/mol. The second-order valence-electron chi connectivity index (χ2n) is 4.61. The summed E-state index contributed by atoms with van der Waals surface area (Å²) in [4.78, 5) is 11.4. The Morgan fingerprint density at radius 1 is 1.40 bits per heavy atom. The van der Waals surface area contributed by atoms with Crippen LogP contribution in [-0.2, 0) is 9.53 Å². The molecule has 2 fully saturated rings. The molecule has 0 aromatic carbocycles. The highest BCUT2D eigenvalue weighted by molar-refractivity contribution is 5.72. The van der Waals surface area contributed by atoms with Gasteiger partial charge in [-0.2, -0.15) is 0 Å². The molecule has 15 heavy (non-hydrogen) atoms. The van der Waals surface area contributed by atoms with Gasteiger partial charge in [-0.05, 0) is 32.2 Å². The third-order valence-corrected chi connectivity index (χ3v) is 3.78. The van der Waals surface area contributed by atoms with Gasteiger partial charge in [0.15, 0.2) is 0 Å². The molecule has 1 aliphatic carbocycles. The Labute approximate surface area is 90.0 Å². The molecule has 0 bridgehead atoms. The van der Waals surface area contributed by atoms with Crippen molar-refractivity contribution in [3.05, 3.63) is 0 Å². The first-order chi connectivity index (χ1) is 7.22. The summed E-state index contributed by atoms with van der Waals surface area (Å²) in [5.41, 5.74) is 0. The van der Waals surface area contributed by atoms with Crippen molar-refractivity contribution in [2.24, 2.45) is 11.8 Å². The zero-order chi connectivity index (χ0) is 10.8. The minimum Gasteiger partial charge on any atom is -0.469 e. The Morgan fingerprint density at radius 3 is 2.93 bits per heavy atom. The molecule has 0 spiro atoms. The molecule has 4 atom stereocenters. The lowest BCUT2D eigenvalue weighted by molar-refractivity contribution is -0.148. The van der Waals surface area contributed by atoms with E-state index < -0.39 is 0 Å². The number of carbonyl (C=O) groups excluding carboxylic acids is 1. The lowest BCUT2D eigenvalue weighted by Crippen LogP contribution is -2.52. The fraction of sp³-hybridized carbons (Fsp3) is 0.909. The number of carbonyl (C=O) groups is 1. The molecule has 2 rings (SSSR count). The molecule has 0 amide bonds. The number of ether oxygens (including phenoxy) is 1. The van der Waals surface area contributed by atoms with Gasteiger partial charge in [-0.25, -0.2) is 0 Å². The minimum atomic E-state index is -0.247. The molecule has 86 valence electrons. The van der Waals surface area contributed by atoms with Crippen LogP contribution in [0, 0.1) is 11.8 Å². The summed E-state index contributed by atoms with van der Waals surface area (Å²) in [6, 6.07) is 0.398. The number of esters is 1. The van der Waals surface area contributed by atoms with E-state index in [2.05, 4.69) is 5.32 Å². The van der Waals surface area contributed by atoms with E-state index in [-0.39, 0.29) is 23.9 Å². The van der Waals surface area contributed by atoms with E-state index >= 15 is 0 Å². The number of hydrogen-bond acceptors (Lipinski definition) is 4. The van der Waals surface area contributed by atoms with Gasteiger partial charge in [0.05, 0.1) is 19.1 Å². The third-order valence-electron chi connectivity index (χ3n) is 3.78. The second kappa shape index (κ2) is 4.49.